The van der Waals surface area contributed by atoms with Crippen molar-refractivity contribution in [1.82, 2.24) is 20.1 Å². The molecule has 1 aromatic carbocycles. The maximum absolute atomic E-state index is 12.3. The molecule has 0 aliphatic rings. The molecule has 0 atom stereocenters. The molecule has 1 N–H and O–H groups in total. The quantitative estimate of drug-likeness (QED) is 0.762. The normalized spacial score (nSPS) is 10.9. The third-order valence-electron chi connectivity index (χ3n) is 4.06. The second-order valence-electron chi connectivity index (χ2n) is 6.21. The summed E-state index contributed by atoms with van der Waals surface area (Å²) < 4.78 is 1.97. The number of hydrogen-bond acceptors (Lipinski definition) is 4. The number of nitrogens with one attached hydrogen (secondary N) is 1. The van der Waals surface area contributed by atoms with Crippen molar-refractivity contribution in [1.29, 1.82) is 0 Å². The molecule has 130 valence electrons. The van der Waals surface area contributed by atoms with Gasteiger partial charge in [0.2, 0.25) is 0 Å². The zero-order chi connectivity index (χ0) is 18.0. The molecular weight excluding hydrogens is 332 g/mol. The highest BCUT2D eigenvalue weighted by atomic mass is 32.1. The molecule has 0 aliphatic carbocycles. The molecule has 0 aliphatic heterocycles. The van der Waals surface area contributed by atoms with Crippen molar-refractivity contribution in [3.8, 4) is 0 Å². The zero-order valence-corrected chi connectivity index (χ0v) is 15.8. The Kier molecular flexibility index (Phi) is 4.99. The molecule has 0 spiro atoms. The molecule has 0 saturated heterocycles. The summed E-state index contributed by atoms with van der Waals surface area (Å²) in [6.45, 7) is 9.21. The van der Waals surface area contributed by atoms with E-state index in [0.29, 0.717) is 18.7 Å². The van der Waals surface area contributed by atoms with E-state index >= 15 is 0 Å². The molecule has 3 rings (SSSR count). The smallest absolute Gasteiger partial charge is 0.251 e. The molecule has 0 saturated carbocycles. The highest BCUT2D eigenvalue weighted by molar-refractivity contribution is 7.11. The second-order valence-corrected chi connectivity index (χ2v) is 7.49. The van der Waals surface area contributed by atoms with Gasteiger partial charge in [-0.15, -0.1) is 11.3 Å². The second kappa shape index (κ2) is 7.19. The molecule has 3 aromatic rings. The van der Waals surface area contributed by atoms with Crippen molar-refractivity contribution in [2.75, 3.05) is 0 Å². The highest BCUT2D eigenvalue weighted by Crippen LogP contribution is 2.17. The Hall–Kier alpha value is -2.47. The number of aryl methyl sites for hydroxylation is 4. The van der Waals surface area contributed by atoms with Crippen molar-refractivity contribution >= 4 is 17.2 Å². The minimum absolute atomic E-state index is 0.0666. The number of amides is 1. The fraction of sp³-hybridized carbons (Fsp3) is 0.316. The zero-order valence-electron chi connectivity index (χ0n) is 15.0. The van der Waals surface area contributed by atoms with Crippen LogP contribution < -0.4 is 5.32 Å². The van der Waals surface area contributed by atoms with Crippen LogP contribution in [0.5, 0.6) is 0 Å². The standard InChI is InChI=1S/C19H22N4OS/c1-12-9-13(2)23(22-12)11-16-5-7-17(8-6-16)19(24)20-10-18-14(3)21-15(4)25-18/h5-9H,10-11H2,1-4H3,(H,20,24). The number of thiazole rings is 1. The van der Waals surface area contributed by atoms with Crippen LogP contribution in [0, 0.1) is 27.7 Å². The first-order chi connectivity index (χ1) is 11.9. The van der Waals surface area contributed by atoms with Crippen LogP contribution in [0.3, 0.4) is 0 Å². The molecule has 6 heteroatoms. The average molecular weight is 354 g/mol. The minimum atomic E-state index is -0.0666. The van der Waals surface area contributed by atoms with Crippen LogP contribution in [-0.2, 0) is 13.1 Å². The van der Waals surface area contributed by atoms with E-state index in [2.05, 4.69) is 21.5 Å². The molecule has 5 nitrogen and oxygen atoms in total. The number of aromatic nitrogens is 3. The summed E-state index contributed by atoms with van der Waals surface area (Å²) in [5.74, 6) is -0.0666. The van der Waals surface area contributed by atoms with Crippen molar-refractivity contribution in [3.05, 3.63) is 68.4 Å². The van der Waals surface area contributed by atoms with Crippen LogP contribution >= 0.6 is 11.3 Å². The van der Waals surface area contributed by atoms with E-state index in [9.17, 15) is 4.79 Å². The lowest BCUT2D eigenvalue weighted by molar-refractivity contribution is 0.0951. The third-order valence-corrected chi connectivity index (χ3v) is 5.13. The van der Waals surface area contributed by atoms with Gasteiger partial charge >= 0.3 is 0 Å². The lowest BCUT2D eigenvalue weighted by Gasteiger charge is -2.07. The number of hydrogen-bond donors (Lipinski definition) is 1. The summed E-state index contributed by atoms with van der Waals surface area (Å²) in [4.78, 5) is 17.8. The van der Waals surface area contributed by atoms with Gasteiger partial charge < -0.3 is 5.32 Å². The van der Waals surface area contributed by atoms with Crippen molar-refractivity contribution in [2.24, 2.45) is 0 Å². The Balaban J connectivity index is 1.62. The van der Waals surface area contributed by atoms with E-state index in [1.807, 2.05) is 56.6 Å². The van der Waals surface area contributed by atoms with Gasteiger partial charge in [0, 0.05) is 16.1 Å². The fourth-order valence-corrected chi connectivity index (χ4v) is 3.65. The Morgan fingerprint density at radius 3 is 2.44 bits per heavy atom. The number of carbonyl (C=O) groups is 1. The van der Waals surface area contributed by atoms with E-state index in [0.717, 1.165) is 32.5 Å². The lowest BCUT2D eigenvalue weighted by atomic mass is 10.1. The van der Waals surface area contributed by atoms with Crippen LogP contribution in [0.1, 0.15) is 42.9 Å². The predicted molar refractivity (Wildman–Crippen MR) is 100 cm³/mol. The monoisotopic (exact) mass is 354 g/mol. The largest absolute Gasteiger partial charge is 0.347 e. The van der Waals surface area contributed by atoms with Gasteiger partial charge in [0.15, 0.2) is 0 Å². The van der Waals surface area contributed by atoms with Gasteiger partial charge in [0.05, 0.1) is 29.5 Å². The lowest BCUT2D eigenvalue weighted by Crippen LogP contribution is -2.22. The van der Waals surface area contributed by atoms with Crippen LogP contribution in [0.15, 0.2) is 30.3 Å². The van der Waals surface area contributed by atoms with E-state index in [1.54, 1.807) is 11.3 Å². The van der Waals surface area contributed by atoms with Crippen LogP contribution in [-0.4, -0.2) is 20.7 Å². The molecular formula is C19H22N4OS. The van der Waals surface area contributed by atoms with Crippen molar-refractivity contribution < 1.29 is 4.79 Å². The summed E-state index contributed by atoms with van der Waals surface area (Å²) in [6.07, 6.45) is 0. The summed E-state index contributed by atoms with van der Waals surface area (Å²) in [5.41, 5.74) is 4.92. The van der Waals surface area contributed by atoms with Crippen LogP contribution in [0.4, 0.5) is 0 Å². The summed E-state index contributed by atoms with van der Waals surface area (Å²) >= 11 is 1.62. The van der Waals surface area contributed by atoms with Crippen molar-refractivity contribution in [3.63, 3.8) is 0 Å². The first-order valence-corrected chi connectivity index (χ1v) is 9.05. The Morgan fingerprint density at radius 2 is 1.88 bits per heavy atom. The highest BCUT2D eigenvalue weighted by Gasteiger charge is 2.09. The van der Waals surface area contributed by atoms with Gasteiger partial charge in [0.1, 0.15) is 0 Å². The number of nitrogens with zero attached hydrogens (tertiary/aromatic N) is 3. The Labute approximate surface area is 151 Å². The van der Waals surface area contributed by atoms with Gasteiger partial charge in [-0.3, -0.25) is 9.48 Å². The molecule has 2 heterocycles. The average Bonchev–Trinajstić information content (AvgIpc) is 3.06. The maximum atomic E-state index is 12.3. The van der Waals surface area contributed by atoms with Gasteiger partial charge in [0.25, 0.3) is 5.91 Å². The molecule has 0 fully saturated rings. The fourth-order valence-electron chi connectivity index (χ4n) is 2.77. The van der Waals surface area contributed by atoms with Crippen molar-refractivity contribution in [2.45, 2.75) is 40.8 Å². The number of benzene rings is 1. The topological polar surface area (TPSA) is 59.8 Å². The van der Waals surface area contributed by atoms with E-state index < -0.39 is 0 Å². The van der Waals surface area contributed by atoms with Gasteiger partial charge in [-0.25, -0.2) is 4.98 Å². The van der Waals surface area contributed by atoms with E-state index in [4.69, 9.17) is 0 Å². The van der Waals surface area contributed by atoms with Crippen LogP contribution in [0.2, 0.25) is 0 Å². The number of rotatable bonds is 5. The summed E-state index contributed by atoms with van der Waals surface area (Å²) in [5, 5.41) is 8.46. The minimum Gasteiger partial charge on any atom is -0.347 e. The van der Waals surface area contributed by atoms with E-state index in [-0.39, 0.29) is 5.91 Å². The number of carbonyl (C=O) groups excluding carboxylic acids is 1. The molecule has 0 radical (unpaired) electrons. The molecule has 2 aromatic heterocycles. The van der Waals surface area contributed by atoms with Crippen LogP contribution in [0.25, 0.3) is 0 Å². The molecule has 0 unspecified atom stereocenters. The summed E-state index contributed by atoms with van der Waals surface area (Å²) in [7, 11) is 0. The van der Waals surface area contributed by atoms with Gasteiger partial charge in [-0.2, -0.15) is 5.10 Å². The van der Waals surface area contributed by atoms with Gasteiger partial charge in [-0.1, -0.05) is 12.1 Å². The Bertz CT molecular complexity index is 893. The predicted octanol–water partition coefficient (Wildman–Crippen LogP) is 3.55. The molecule has 25 heavy (non-hydrogen) atoms. The maximum Gasteiger partial charge on any atom is 0.251 e. The first-order valence-electron chi connectivity index (χ1n) is 8.23. The molecule has 0 bridgehead atoms. The van der Waals surface area contributed by atoms with Gasteiger partial charge in [-0.05, 0) is 51.5 Å². The summed E-state index contributed by atoms with van der Waals surface area (Å²) in [6, 6.07) is 9.74. The third kappa shape index (κ3) is 4.14. The molecule has 1 amide bonds. The first kappa shape index (κ1) is 17.4. The van der Waals surface area contributed by atoms with E-state index in [1.165, 1.54) is 0 Å². The SMILES string of the molecule is Cc1cc(C)n(Cc2ccc(C(=O)NCc3sc(C)nc3C)cc2)n1. The Morgan fingerprint density at radius 1 is 1.16 bits per heavy atom.